The predicted octanol–water partition coefficient (Wildman–Crippen LogP) is 1.82. The summed E-state index contributed by atoms with van der Waals surface area (Å²) in [6, 6.07) is 11.0. The summed E-state index contributed by atoms with van der Waals surface area (Å²) < 4.78 is 0. The molecule has 1 saturated heterocycles. The zero-order valence-electron chi connectivity index (χ0n) is 18.1. The highest BCUT2D eigenvalue weighted by atomic mass is 16.2. The third kappa shape index (κ3) is 5.87. The van der Waals surface area contributed by atoms with Crippen molar-refractivity contribution >= 4 is 11.8 Å². The highest BCUT2D eigenvalue weighted by Gasteiger charge is 2.13. The summed E-state index contributed by atoms with van der Waals surface area (Å²) in [5, 5.41) is 2.98. The molecule has 0 unspecified atom stereocenters. The number of hydrogen-bond donors (Lipinski definition) is 1. The number of piperazine rings is 1. The highest BCUT2D eigenvalue weighted by molar-refractivity contribution is 5.95. The lowest BCUT2D eigenvalue weighted by Crippen LogP contribution is -2.45. The van der Waals surface area contributed by atoms with Crippen LogP contribution in [0.1, 0.15) is 27.1 Å². The third-order valence-corrected chi connectivity index (χ3v) is 5.39. The minimum Gasteiger partial charge on any atom is -0.352 e. The van der Waals surface area contributed by atoms with Crippen LogP contribution in [0.3, 0.4) is 0 Å². The molecule has 1 N–H and O–H groups in total. The standard InChI is InChI=1S/C23H31N5O2/c1-26(2)23(30)19-7-5-18(6-8-19)21-10-9-20(17-25-21)22(29)24-11-4-12-28-15-13-27(3)14-16-28/h5-10,17H,4,11-16H2,1-3H3,(H,24,29). The fourth-order valence-corrected chi connectivity index (χ4v) is 3.42. The summed E-state index contributed by atoms with van der Waals surface area (Å²) in [5.41, 5.74) is 2.86. The smallest absolute Gasteiger partial charge is 0.253 e. The Balaban J connectivity index is 1.47. The van der Waals surface area contributed by atoms with Crippen molar-refractivity contribution in [2.24, 2.45) is 0 Å². The van der Waals surface area contributed by atoms with E-state index in [4.69, 9.17) is 0 Å². The zero-order valence-corrected chi connectivity index (χ0v) is 18.1. The number of hydrogen-bond acceptors (Lipinski definition) is 5. The fraction of sp³-hybridized carbons (Fsp3) is 0.435. The van der Waals surface area contributed by atoms with Gasteiger partial charge in [-0.2, -0.15) is 0 Å². The van der Waals surface area contributed by atoms with E-state index in [9.17, 15) is 9.59 Å². The van der Waals surface area contributed by atoms with Crippen LogP contribution in [0.25, 0.3) is 11.3 Å². The van der Waals surface area contributed by atoms with Crippen LogP contribution in [0.4, 0.5) is 0 Å². The number of rotatable bonds is 7. The monoisotopic (exact) mass is 409 g/mol. The van der Waals surface area contributed by atoms with E-state index in [0.29, 0.717) is 17.7 Å². The Morgan fingerprint density at radius 1 is 1.00 bits per heavy atom. The lowest BCUT2D eigenvalue weighted by atomic mass is 10.1. The first kappa shape index (κ1) is 21.9. The summed E-state index contributed by atoms with van der Waals surface area (Å²) in [6.07, 6.45) is 2.54. The molecule has 0 aliphatic carbocycles. The van der Waals surface area contributed by atoms with E-state index in [-0.39, 0.29) is 11.8 Å². The molecule has 0 spiro atoms. The number of nitrogens with one attached hydrogen (secondary N) is 1. The fourth-order valence-electron chi connectivity index (χ4n) is 3.42. The van der Waals surface area contributed by atoms with E-state index in [1.807, 2.05) is 18.2 Å². The summed E-state index contributed by atoms with van der Waals surface area (Å²) >= 11 is 0. The van der Waals surface area contributed by atoms with Gasteiger partial charge in [-0.05, 0) is 44.3 Å². The van der Waals surface area contributed by atoms with Crippen molar-refractivity contribution < 1.29 is 9.59 Å². The van der Waals surface area contributed by atoms with Crippen LogP contribution in [0.2, 0.25) is 0 Å². The Hall–Kier alpha value is -2.77. The van der Waals surface area contributed by atoms with Gasteiger partial charge in [0.05, 0.1) is 11.3 Å². The van der Waals surface area contributed by atoms with Gasteiger partial charge >= 0.3 is 0 Å². The second kappa shape index (κ2) is 10.3. The zero-order chi connectivity index (χ0) is 21.5. The number of amides is 2. The molecule has 2 heterocycles. The molecule has 1 aromatic heterocycles. The van der Waals surface area contributed by atoms with Crippen LogP contribution in [0.15, 0.2) is 42.6 Å². The molecule has 0 bridgehead atoms. The first-order valence-corrected chi connectivity index (χ1v) is 10.4. The Bertz CT molecular complexity index is 841. The number of aromatic nitrogens is 1. The quantitative estimate of drug-likeness (QED) is 0.707. The second-order valence-corrected chi connectivity index (χ2v) is 7.96. The second-order valence-electron chi connectivity index (χ2n) is 7.96. The van der Waals surface area contributed by atoms with Crippen molar-refractivity contribution in [3.05, 3.63) is 53.7 Å². The van der Waals surface area contributed by atoms with Gasteiger partial charge in [0, 0.05) is 64.1 Å². The number of nitrogens with zero attached hydrogens (tertiary/aromatic N) is 4. The van der Waals surface area contributed by atoms with Crippen LogP contribution in [-0.2, 0) is 0 Å². The van der Waals surface area contributed by atoms with Gasteiger partial charge in [0.15, 0.2) is 0 Å². The molecule has 7 heteroatoms. The van der Waals surface area contributed by atoms with Gasteiger partial charge in [-0.1, -0.05) is 12.1 Å². The van der Waals surface area contributed by atoms with Crippen molar-refractivity contribution in [1.82, 2.24) is 25.0 Å². The van der Waals surface area contributed by atoms with E-state index in [2.05, 4.69) is 27.1 Å². The van der Waals surface area contributed by atoms with Gasteiger partial charge < -0.3 is 20.0 Å². The van der Waals surface area contributed by atoms with Crippen LogP contribution in [-0.4, -0.2) is 91.9 Å². The molecular formula is C23H31N5O2. The molecular weight excluding hydrogens is 378 g/mol. The Morgan fingerprint density at radius 2 is 1.67 bits per heavy atom. The number of benzene rings is 1. The topological polar surface area (TPSA) is 68.8 Å². The number of carbonyl (C=O) groups excluding carboxylic acids is 2. The summed E-state index contributed by atoms with van der Waals surface area (Å²) in [7, 11) is 5.61. The van der Waals surface area contributed by atoms with Gasteiger partial charge in [-0.3, -0.25) is 14.6 Å². The maximum Gasteiger partial charge on any atom is 0.253 e. The molecule has 3 rings (SSSR count). The first-order valence-electron chi connectivity index (χ1n) is 10.4. The molecule has 1 aliphatic rings. The van der Waals surface area contributed by atoms with Crippen LogP contribution < -0.4 is 5.32 Å². The molecule has 2 amide bonds. The van der Waals surface area contributed by atoms with Crippen molar-refractivity contribution in [1.29, 1.82) is 0 Å². The lowest BCUT2D eigenvalue weighted by molar-refractivity contribution is 0.0827. The Labute approximate surface area is 178 Å². The minimum absolute atomic E-state index is 0.0332. The van der Waals surface area contributed by atoms with Gasteiger partial charge in [0.1, 0.15) is 0 Å². The maximum absolute atomic E-state index is 12.4. The minimum atomic E-state index is -0.0978. The Morgan fingerprint density at radius 3 is 2.27 bits per heavy atom. The molecule has 7 nitrogen and oxygen atoms in total. The molecule has 0 radical (unpaired) electrons. The summed E-state index contributed by atoms with van der Waals surface area (Å²) in [5.74, 6) is -0.131. The molecule has 1 aliphatic heterocycles. The van der Waals surface area contributed by atoms with Gasteiger partial charge in [-0.25, -0.2) is 0 Å². The number of carbonyl (C=O) groups is 2. The average Bonchev–Trinajstić information content (AvgIpc) is 2.77. The number of likely N-dealkylation sites (N-methyl/N-ethyl adjacent to an activating group) is 1. The van der Waals surface area contributed by atoms with Crippen LogP contribution >= 0.6 is 0 Å². The summed E-state index contributed by atoms with van der Waals surface area (Å²) in [4.78, 5) is 35.1. The van der Waals surface area contributed by atoms with Crippen molar-refractivity contribution in [3.63, 3.8) is 0 Å². The van der Waals surface area contributed by atoms with Crippen molar-refractivity contribution in [2.45, 2.75) is 6.42 Å². The number of pyridine rings is 1. The molecule has 0 saturated carbocycles. The van der Waals surface area contributed by atoms with Crippen molar-refractivity contribution in [3.8, 4) is 11.3 Å². The predicted molar refractivity (Wildman–Crippen MR) is 119 cm³/mol. The van der Waals surface area contributed by atoms with E-state index < -0.39 is 0 Å². The van der Waals surface area contributed by atoms with Gasteiger partial charge in [0.2, 0.25) is 0 Å². The van der Waals surface area contributed by atoms with E-state index in [1.165, 1.54) is 0 Å². The highest BCUT2D eigenvalue weighted by Crippen LogP contribution is 2.18. The molecule has 160 valence electrons. The lowest BCUT2D eigenvalue weighted by Gasteiger charge is -2.32. The molecule has 1 aromatic carbocycles. The SMILES string of the molecule is CN1CCN(CCCNC(=O)c2ccc(-c3ccc(C(=O)N(C)C)cc3)nc2)CC1. The van der Waals surface area contributed by atoms with Gasteiger partial charge in [0.25, 0.3) is 11.8 Å². The molecule has 30 heavy (non-hydrogen) atoms. The largest absolute Gasteiger partial charge is 0.352 e. The normalized spacial score (nSPS) is 15.0. The van der Waals surface area contributed by atoms with E-state index in [1.54, 1.807) is 43.4 Å². The molecule has 1 fully saturated rings. The third-order valence-electron chi connectivity index (χ3n) is 5.39. The van der Waals surface area contributed by atoms with Crippen LogP contribution in [0.5, 0.6) is 0 Å². The van der Waals surface area contributed by atoms with E-state index >= 15 is 0 Å². The Kier molecular flexibility index (Phi) is 7.54. The average molecular weight is 410 g/mol. The summed E-state index contributed by atoms with van der Waals surface area (Å²) in [6.45, 7) is 6.09. The van der Waals surface area contributed by atoms with Gasteiger partial charge in [-0.15, -0.1) is 0 Å². The maximum atomic E-state index is 12.4. The molecule has 2 aromatic rings. The first-order chi connectivity index (χ1) is 14.4. The van der Waals surface area contributed by atoms with Crippen LogP contribution in [0, 0.1) is 0 Å². The van der Waals surface area contributed by atoms with E-state index in [0.717, 1.165) is 50.4 Å². The molecule has 0 atom stereocenters. The van der Waals surface area contributed by atoms with Crippen molar-refractivity contribution in [2.75, 3.05) is 60.4 Å².